The molecule has 3 N–H and O–H groups in total. The first kappa shape index (κ1) is 24.8. The molecule has 3 atom stereocenters. The number of carboxylic acids is 1. The van der Waals surface area contributed by atoms with Gasteiger partial charge >= 0.3 is 12.1 Å². The van der Waals surface area contributed by atoms with Gasteiger partial charge < -0.3 is 20.5 Å². The zero-order chi connectivity index (χ0) is 24.8. The Bertz CT molecular complexity index is 1020. The van der Waals surface area contributed by atoms with Crippen LogP contribution in [0, 0.1) is 11.8 Å². The Hall–Kier alpha value is -3.35. The summed E-state index contributed by atoms with van der Waals surface area (Å²) >= 11 is 0. The van der Waals surface area contributed by atoms with Gasteiger partial charge in [0.25, 0.3) is 0 Å². The SMILES string of the molecule is CCC[C@@H](CC(=O)NC[C@@H]1CCC[C@@H]1C(=O)O)NC(=O)OCC1c2ccccc2-c2ccccc21. The molecule has 2 amide bonds. The van der Waals surface area contributed by atoms with Crippen LogP contribution in [0.25, 0.3) is 11.1 Å². The minimum absolute atomic E-state index is 0.0188. The highest BCUT2D eigenvalue weighted by atomic mass is 16.5. The van der Waals surface area contributed by atoms with E-state index in [9.17, 15) is 19.5 Å². The molecular weight excluding hydrogens is 444 g/mol. The number of fused-ring (bicyclic) bond motifs is 3. The molecule has 186 valence electrons. The van der Waals surface area contributed by atoms with E-state index < -0.39 is 12.1 Å². The molecule has 0 spiro atoms. The number of aliphatic carboxylic acids is 1. The smallest absolute Gasteiger partial charge is 0.407 e. The first-order valence-corrected chi connectivity index (χ1v) is 12.6. The van der Waals surface area contributed by atoms with Crippen LogP contribution in [0.15, 0.2) is 48.5 Å². The van der Waals surface area contributed by atoms with Gasteiger partial charge in [-0.05, 0) is 47.4 Å². The van der Waals surface area contributed by atoms with E-state index in [1.165, 1.54) is 11.1 Å². The van der Waals surface area contributed by atoms with Gasteiger partial charge in [0, 0.05) is 24.9 Å². The van der Waals surface area contributed by atoms with Crippen molar-refractivity contribution in [2.75, 3.05) is 13.2 Å². The van der Waals surface area contributed by atoms with Crippen molar-refractivity contribution < 1.29 is 24.2 Å². The maximum atomic E-state index is 12.6. The lowest BCUT2D eigenvalue weighted by Gasteiger charge is -2.21. The molecular formula is C28H34N2O5. The zero-order valence-electron chi connectivity index (χ0n) is 20.2. The van der Waals surface area contributed by atoms with Gasteiger partial charge in [0.2, 0.25) is 5.91 Å². The molecule has 0 heterocycles. The van der Waals surface area contributed by atoms with Gasteiger partial charge in [-0.25, -0.2) is 4.79 Å². The molecule has 35 heavy (non-hydrogen) atoms. The Morgan fingerprint density at radius 2 is 1.69 bits per heavy atom. The Labute approximate surface area is 206 Å². The van der Waals surface area contributed by atoms with Crippen LogP contribution in [-0.4, -0.2) is 42.3 Å². The van der Waals surface area contributed by atoms with Gasteiger partial charge in [-0.15, -0.1) is 0 Å². The van der Waals surface area contributed by atoms with Crippen molar-refractivity contribution in [1.82, 2.24) is 10.6 Å². The topological polar surface area (TPSA) is 105 Å². The minimum Gasteiger partial charge on any atom is -0.481 e. The number of alkyl carbamates (subject to hydrolysis) is 1. The van der Waals surface area contributed by atoms with Crippen LogP contribution in [0.4, 0.5) is 4.79 Å². The van der Waals surface area contributed by atoms with Crippen LogP contribution in [0.5, 0.6) is 0 Å². The van der Waals surface area contributed by atoms with E-state index in [1.54, 1.807) is 0 Å². The number of benzene rings is 2. The van der Waals surface area contributed by atoms with Crippen molar-refractivity contribution in [1.29, 1.82) is 0 Å². The molecule has 1 saturated carbocycles. The summed E-state index contributed by atoms with van der Waals surface area (Å²) in [5, 5.41) is 15.1. The molecule has 0 saturated heterocycles. The minimum atomic E-state index is -0.789. The van der Waals surface area contributed by atoms with E-state index in [4.69, 9.17) is 4.74 Å². The molecule has 0 aromatic heterocycles. The third-order valence-corrected chi connectivity index (χ3v) is 7.27. The molecule has 7 heteroatoms. The molecule has 1 fully saturated rings. The second kappa shape index (κ2) is 11.4. The number of carbonyl (C=O) groups excluding carboxylic acids is 2. The van der Waals surface area contributed by atoms with E-state index >= 15 is 0 Å². The van der Waals surface area contributed by atoms with E-state index in [1.807, 2.05) is 31.2 Å². The summed E-state index contributed by atoms with van der Waals surface area (Å²) in [5.74, 6) is -1.41. The Morgan fingerprint density at radius 3 is 2.31 bits per heavy atom. The van der Waals surface area contributed by atoms with E-state index in [0.717, 1.165) is 30.4 Å². The number of hydrogen-bond acceptors (Lipinski definition) is 4. The fourth-order valence-corrected chi connectivity index (χ4v) is 5.53. The van der Waals surface area contributed by atoms with Crippen molar-refractivity contribution in [3.63, 3.8) is 0 Å². The molecule has 2 aromatic rings. The first-order chi connectivity index (χ1) is 17.0. The summed E-state index contributed by atoms with van der Waals surface area (Å²) in [5.41, 5.74) is 4.64. The lowest BCUT2D eigenvalue weighted by Crippen LogP contribution is -2.41. The molecule has 0 bridgehead atoms. The first-order valence-electron chi connectivity index (χ1n) is 12.6. The van der Waals surface area contributed by atoms with Gasteiger partial charge in [-0.3, -0.25) is 9.59 Å². The third kappa shape index (κ3) is 5.84. The zero-order valence-corrected chi connectivity index (χ0v) is 20.2. The Kier molecular flexibility index (Phi) is 8.06. The highest BCUT2D eigenvalue weighted by molar-refractivity contribution is 5.79. The fourth-order valence-electron chi connectivity index (χ4n) is 5.53. The van der Waals surface area contributed by atoms with Gasteiger partial charge in [-0.2, -0.15) is 0 Å². The van der Waals surface area contributed by atoms with Crippen LogP contribution in [0.3, 0.4) is 0 Å². The summed E-state index contributed by atoms with van der Waals surface area (Å²) in [6.07, 6.45) is 3.43. The van der Waals surface area contributed by atoms with Crippen LogP contribution in [-0.2, 0) is 14.3 Å². The third-order valence-electron chi connectivity index (χ3n) is 7.27. The predicted octanol–water partition coefficient (Wildman–Crippen LogP) is 4.70. The summed E-state index contributed by atoms with van der Waals surface area (Å²) in [4.78, 5) is 36.5. The molecule has 2 aliphatic rings. The van der Waals surface area contributed by atoms with Crippen molar-refractivity contribution >= 4 is 18.0 Å². The number of rotatable bonds is 10. The average molecular weight is 479 g/mol. The molecule has 2 aromatic carbocycles. The highest BCUT2D eigenvalue weighted by Crippen LogP contribution is 2.44. The Morgan fingerprint density at radius 1 is 1.03 bits per heavy atom. The second-order valence-corrected chi connectivity index (χ2v) is 9.60. The maximum Gasteiger partial charge on any atom is 0.407 e. The van der Waals surface area contributed by atoms with Crippen LogP contribution in [0.2, 0.25) is 0 Å². The average Bonchev–Trinajstić information content (AvgIpc) is 3.44. The standard InChI is InChI=1S/C28H34N2O5/c1-2-8-19(15-26(31)29-16-18-9-7-14-20(18)27(32)33)30-28(34)35-17-25-23-12-5-3-10-21(23)22-11-4-6-13-24(22)25/h3-6,10-13,18-20,25H,2,7-9,14-17H2,1H3,(H,29,31)(H,30,34)(H,32,33)/t18-,19-,20-/m0/s1. The summed E-state index contributed by atoms with van der Waals surface area (Å²) < 4.78 is 5.63. The number of nitrogens with one attached hydrogen (secondary N) is 2. The number of carbonyl (C=O) groups is 3. The second-order valence-electron chi connectivity index (χ2n) is 9.60. The lowest BCUT2D eigenvalue weighted by atomic mass is 9.96. The van der Waals surface area contributed by atoms with E-state index in [2.05, 4.69) is 34.9 Å². The Balaban J connectivity index is 1.29. The molecule has 0 aliphatic heterocycles. The molecule has 7 nitrogen and oxygen atoms in total. The number of carboxylic acid groups (broad SMARTS) is 1. The van der Waals surface area contributed by atoms with Crippen molar-refractivity contribution in [3.05, 3.63) is 59.7 Å². The van der Waals surface area contributed by atoms with Crippen LogP contribution < -0.4 is 10.6 Å². The van der Waals surface area contributed by atoms with Crippen LogP contribution in [0.1, 0.15) is 62.5 Å². The summed E-state index contributed by atoms with van der Waals surface area (Å²) in [6, 6.07) is 16.0. The predicted molar refractivity (Wildman–Crippen MR) is 133 cm³/mol. The fraction of sp³-hybridized carbons (Fsp3) is 0.464. The number of amides is 2. The van der Waals surface area contributed by atoms with Gasteiger partial charge in [0.15, 0.2) is 0 Å². The van der Waals surface area contributed by atoms with Crippen molar-refractivity contribution in [2.24, 2.45) is 11.8 Å². The van der Waals surface area contributed by atoms with Gasteiger partial charge in [0.1, 0.15) is 6.61 Å². The van der Waals surface area contributed by atoms with Crippen molar-refractivity contribution in [3.8, 4) is 11.1 Å². The molecule has 2 aliphatic carbocycles. The van der Waals surface area contributed by atoms with Crippen molar-refractivity contribution in [2.45, 2.75) is 57.4 Å². The molecule has 0 unspecified atom stereocenters. The summed E-state index contributed by atoms with van der Waals surface area (Å²) in [6.45, 7) is 2.59. The quantitative estimate of drug-likeness (QED) is 0.459. The number of ether oxygens (including phenoxy) is 1. The molecule has 0 radical (unpaired) electrons. The molecule has 4 rings (SSSR count). The van der Waals surface area contributed by atoms with Crippen LogP contribution >= 0.6 is 0 Å². The normalized spacial score (nSPS) is 19.5. The van der Waals surface area contributed by atoms with Gasteiger partial charge in [-0.1, -0.05) is 68.3 Å². The number of hydrogen-bond donors (Lipinski definition) is 3. The van der Waals surface area contributed by atoms with E-state index in [-0.39, 0.29) is 42.7 Å². The lowest BCUT2D eigenvalue weighted by molar-refractivity contribution is -0.143. The maximum absolute atomic E-state index is 12.6. The largest absolute Gasteiger partial charge is 0.481 e. The van der Waals surface area contributed by atoms with E-state index in [0.29, 0.717) is 19.4 Å². The van der Waals surface area contributed by atoms with Gasteiger partial charge in [0.05, 0.1) is 5.92 Å². The summed E-state index contributed by atoms with van der Waals surface area (Å²) in [7, 11) is 0. The monoisotopic (exact) mass is 478 g/mol. The highest BCUT2D eigenvalue weighted by Gasteiger charge is 2.33.